The van der Waals surface area contributed by atoms with E-state index in [2.05, 4.69) is 10.4 Å². The minimum Gasteiger partial charge on any atom is -0.256 e. The summed E-state index contributed by atoms with van der Waals surface area (Å²) < 4.78 is 0. The van der Waals surface area contributed by atoms with E-state index in [0.29, 0.717) is 5.02 Å². The van der Waals surface area contributed by atoms with Gasteiger partial charge >= 0.3 is 0 Å². The van der Waals surface area contributed by atoms with Crippen LogP contribution < -0.4 is 5.01 Å². The van der Waals surface area contributed by atoms with Crippen molar-refractivity contribution in [3.63, 3.8) is 0 Å². The van der Waals surface area contributed by atoms with Crippen molar-refractivity contribution in [2.45, 2.75) is 13.1 Å². The summed E-state index contributed by atoms with van der Waals surface area (Å²) in [5.74, 6) is 0. The number of benzene rings is 1. The van der Waals surface area contributed by atoms with Crippen LogP contribution in [0.3, 0.4) is 0 Å². The van der Waals surface area contributed by atoms with Gasteiger partial charge in [0, 0.05) is 12.1 Å². The first-order chi connectivity index (χ1) is 6.68. The number of anilines is 1. The molecule has 1 heterocycles. The van der Waals surface area contributed by atoms with Gasteiger partial charge in [-0.1, -0.05) is 22.9 Å². The van der Waals surface area contributed by atoms with Gasteiger partial charge in [0.15, 0.2) is 0 Å². The van der Waals surface area contributed by atoms with Crippen molar-refractivity contribution in [2.24, 2.45) is 10.4 Å². The maximum Gasteiger partial charge on any atom is 0.139 e. The molecule has 0 aliphatic carbocycles. The summed E-state index contributed by atoms with van der Waals surface area (Å²) in [4.78, 5) is 0. The average molecular weight is 211 g/mol. The van der Waals surface area contributed by atoms with E-state index in [4.69, 9.17) is 11.6 Å². The zero-order valence-electron chi connectivity index (χ0n) is 8.05. The largest absolute Gasteiger partial charge is 0.256 e. The quantitative estimate of drug-likeness (QED) is 0.714. The Hall–Kier alpha value is -1.29. The summed E-state index contributed by atoms with van der Waals surface area (Å²) in [5, 5.41) is 12.3. The van der Waals surface area contributed by atoms with Crippen LogP contribution in [0.25, 0.3) is 0 Å². The van der Waals surface area contributed by atoms with Crippen molar-refractivity contribution in [2.75, 3.05) is 12.1 Å². The highest BCUT2D eigenvalue weighted by atomic mass is 35.5. The van der Waals surface area contributed by atoms with E-state index in [1.54, 1.807) is 5.01 Å². The van der Waals surface area contributed by atoms with Gasteiger partial charge in [0.1, 0.15) is 6.17 Å². The van der Waals surface area contributed by atoms with Gasteiger partial charge < -0.3 is 0 Å². The Morgan fingerprint density at radius 1 is 1.36 bits per heavy atom. The van der Waals surface area contributed by atoms with E-state index >= 15 is 0 Å². The molecule has 1 unspecified atom stereocenters. The van der Waals surface area contributed by atoms with Crippen molar-refractivity contribution in [1.29, 1.82) is 0 Å². The third-order valence-corrected chi connectivity index (χ3v) is 2.48. The number of nitrogens with zero attached hydrogens (tertiary/aromatic N) is 4. The van der Waals surface area contributed by atoms with E-state index in [-0.39, 0.29) is 6.17 Å². The topological polar surface area (TPSA) is 31.2 Å². The van der Waals surface area contributed by atoms with Crippen molar-refractivity contribution >= 4 is 17.3 Å². The molecule has 1 atom stereocenters. The fourth-order valence-corrected chi connectivity index (χ4v) is 1.48. The van der Waals surface area contributed by atoms with Crippen LogP contribution in [-0.2, 0) is 0 Å². The second-order valence-electron chi connectivity index (χ2n) is 3.21. The van der Waals surface area contributed by atoms with Crippen molar-refractivity contribution in [3.05, 3.63) is 29.3 Å². The van der Waals surface area contributed by atoms with Crippen LogP contribution in [0.2, 0.25) is 5.02 Å². The summed E-state index contributed by atoms with van der Waals surface area (Å²) in [5.41, 5.74) is 0.957. The molecule has 0 saturated carbocycles. The zero-order valence-corrected chi connectivity index (χ0v) is 8.81. The maximum absolute atomic E-state index is 5.89. The van der Waals surface area contributed by atoms with Crippen LogP contribution in [0.15, 0.2) is 34.7 Å². The van der Waals surface area contributed by atoms with E-state index in [9.17, 15) is 0 Å². The molecule has 0 spiro atoms. The minimum absolute atomic E-state index is 0.133. The number of rotatable bonds is 1. The molecule has 2 rings (SSSR count). The summed E-state index contributed by atoms with van der Waals surface area (Å²) in [6, 6.07) is 7.57. The Kier molecular flexibility index (Phi) is 2.29. The molecule has 0 amide bonds. The molecule has 4 nitrogen and oxygen atoms in total. The molecule has 1 aliphatic heterocycles. The first kappa shape index (κ1) is 9.27. The van der Waals surface area contributed by atoms with Crippen LogP contribution in [0.4, 0.5) is 5.69 Å². The zero-order chi connectivity index (χ0) is 10.1. The summed E-state index contributed by atoms with van der Waals surface area (Å²) in [6.45, 7) is 2.03. The molecule has 5 heteroatoms. The molecule has 1 aliphatic rings. The summed E-state index contributed by atoms with van der Waals surface area (Å²) in [6.07, 6.45) is 0.133. The molecular formula is C9H11ClN4. The second-order valence-corrected chi connectivity index (χ2v) is 3.65. The summed E-state index contributed by atoms with van der Waals surface area (Å²) in [7, 11) is 1.89. The molecule has 1 aromatic carbocycles. The predicted octanol–water partition coefficient (Wildman–Crippen LogP) is 2.72. The van der Waals surface area contributed by atoms with E-state index in [1.807, 2.05) is 43.2 Å². The highest BCUT2D eigenvalue weighted by molar-refractivity contribution is 6.30. The Morgan fingerprint density at radius 2 is 2.14 bits per heavy atom. The lowest BCUT2D eigenvalue weighted by Crippen LogP contribution is -2.33. The molecule has 0 fully saturated rings. The van der Waals surface area contributed by atoms with Crippen LogP contribution >= 0.6 is 11.6 Å². The first-order valence-corrected chi connectivity index (χ1v) is 4.75. The van der Waals surface area contributed by atoms with E-state index in [0.717, 1.165) is 5.69 Å². The average Bonchev–Trinajstić information content (AvgIpc) is 2.48. The number of hydrogen-bond donors (Lipinski definition) is 0. The first-order valence-electron chi connectivity index (χ1n) is 4.37. The fraction of sp³-hybridized carbons (Fsp3) is 0.333. The van der Waals surface area contributed by atoms with Gasteiger partial charge in [-0.2, -0.15) is 0 Å². The standard InChI is InChI=1S/C9H11ClN4/c1-7-13(2)11-12-14(7)9-5-3-4-8(10)6-9/h3-7H,1-2H3. The van der Waals surface area contributed by atoms with Gasteiger partial charge in [-0.3, -0.25) is 5.01 Å². The van der Waals surface area contributed by atoms with E-state index < -0.39 is 0 Å². The van der Waals surface area contributed by atoms with Crippen LogP contribution in [0, 0.1) is 0 Å². The van der Waals surface area contributed by atoms with Gasteiger partial charge in [0.2, 0.25) is 0 Å². The van der Waals surface area contributed by atoms with Crippen LogP contribution in [-0.4, -0.2) is 18.2 Å². The Balaban J connectivity index is 2.28. The second kappa shape index (κ2) is 3.46. The molecule has 14 heavy (non-hydrogen) atoms. The predicted molar refractivity (Wildman–Crippen MR) is 56.0 cm³/mol. The smallest absolute Gasteiger partial charge is 0.139 e. The lowest BCUT2D eigenvalue weighted by Gasteiger charge is -2.21. The van der Waals surface area contributed by atoms with Crippen LogP contribution in [0.1, 0.15) is 6.92 Å². The lowest BCUT2D eigenvalue weighted by atomic mass is 10.3. The van der Waals surface area contributed by atoms with Gasteiger partial charge in [-0.25, -0.2) is 5.01 Å². The normalized spacial score (nSPS) is 20.6. The van der Waals surface area contributed by atoms with Gasteiger partial charge in [-0.05, 0) is 30.3 Å². The van der Waals surface area contributed by atoms with Gasteiger partial charge in [0.05, 0.1) is 5.69 Å². The Bertz CT molecular complexity index is 366. The third kappa shape index (κ3) is 1.53. The lowest BCUT2D eigenvalue weighted by molar-refractivity contribution is 0.303. The number of hydrogen-bond acceptors (Lipinski definition) is 4. The number of halogens is 1. The SMILES string of the molecule is CC1N(C)N=NN1c1cccc(Cl)c1. The molecule has 1 aromatic rings. The summed E-state index contributed by atoms with van der Waals surface area (Å²) >= 11 is 5.89. The molecule has 0 aromatic heterocycles. The minimum atomic E-state index is 0.133. The van der Waals surface area contributed by atoms with Crippen LogP contribution in [0.5, 0.6) is 0 Å². The van der Waals surface area contributed by atoms with Crippen molar-refractivity contribution < 1.29 is 0 Å². The fourth-order valence-electron chi connectivity index (χ4n) is 1.30. The Labute approximate surface area is 87.7 Å². The molecule has 0 radical (unpaired) electrons. The van der Waals surface area contributed by atoms with Crippen molar-refractivity contribution in [1.82, 2.24) is 5.01 Å². The molecule has 74 valence electrons. The molecule has 0 N–H and O–H groups in total. The maximum atomic E-state index is 5.89. The Morgan fingerprint density at radius 3 is 2.71 bits per heavy atom. The van der Waals surface area contributed by atoms with Gasteiger partial charge in [-0.15, -0.1) is 0 Å². The van der Waals surface area contributed by atoms with E-state index in [1.165, 1.54) is 0 Å². The molecular weight excluding hydrogens is 200 g/mol. The molecule has 0 bridgehead atoms. The monoisotopic (exact) mass is 210 g/mol. The highest BCUT2D eigenvalue weighted by Gasteiger charge is 2.23. The molecule has 0 saturated heterocycles. The van der Waals surface area contributed by atoms with Crippen molar-refractivity contribution in [3.8, 4) is 0 Å². The third-order valence-electron chi connectivity index (χ3n) is 2.24. The highest BCUT2D eigenvalue weighted by Crippen LogP contribution is 2.25. The van der Waals surface area contributed by atoms with Gasteiger partial charge in [0.25, 0.3) is 0 Å².